The highest BCUT2D eigenvalue weighted by atomic mass is 28.4. The van der Waals surface area contributed by atoms with Gasteiger partial charge in [-0.05, 0) is 35.8 Å². The molecule has 0 spiro atoms. The average Bonchev–Trinajstić information content (AvgIpc) is 2.45. The Morgan fingerprint density at radius 2 is 1.68 bits per heavy atom. The van der Waals surface area contributed by atoms with Crippen molar-refractivity contribution in [2.75, 3.05) is 20.3 Å². The van der Waals surface area contributed by atoms with Crippen molar-refractivity contribution in [2.24, 2.45) is 0 Å². The second-order valence-corrected chi connectivity index (χ2v) is 11.9. The molecule has 1 N–H and O–H groups in total. The normalized spacial score (nSPS) is 14.0. The summed E-state index contributed by atoms with van der Waals surface area (Å²) in [5.41, 5.74) is 1.05. The largest absolute Gasteiger partial charge is 0.497 e. The van der Waals surface area contributed by atoms with Gasteiger partial charge in [-0.15, -0.1) is 0 Å². The van der Waals surface area contributed by atoms with Crippen LogP contribution >= 0.6 is 0 Å². The second-order valence-electron chi connectivity index (χ2n) is 7.09. The highest BCUT2D eigenvalue weighted by Crippen LogP contribution is 2.36. The van der Waals surface area contributed by atoms with Crippen LogP contribution in [0.15, 0.2) is 24.3 Å². The molecule has 126 valence electrons. The zero-order valence-electron chi connectivity index (χ0n) is 14.7. The molecule has 1 rings (SSSR count). The fraction of sp³-hybridized carbons (Fsp3) is 0.647. The summed E-state index contributed by atoms with van der Waals surface area (Å²) in [5, 5.41) is 10.1. The molecule has 4 nitrogen and oxygen atoms in total. The van der Waals surface area contributed by atoms with Gasteiger partial charge in [0.15, 0.2) is 8.32 Å². The lowest BCUT2D eigenvalue weighted by atomic mass is 10.2. The summed E-state index contributed by atoms with van der Waals surface area (Å²) >= 11 is 0. The van der Waals surface area contributed by atoms with Gasteiger partial charge in [-0.1, -0.05) is 32.9 Å². The zero-order chi connectivity index (χ0) is 16.8. The standard InChI is InChI=1S/C17H30O4Si/c1-17(2,3)22(5,6)21-13-15(18)12-20-11-14-7-9-16(19-4)10-8-14/h7-10,15,18H,11-13H2,1-6H3. The predicted octanol–water partition coefficient (Wildman–Crippen LogP) is 3.59. The van der Waals surface area contributed by atoms with E-state index < -0.39 is 14.4 Å². The van der Waals surface area contributed by atoms with E-state index in [1.165, 1.54) is 0 Å². The van der Waals surface area contributed by atoms with E-state index in [1.807, 2.05) is 24.3 Å². The van der Waals surface area contributed by atoms with Gasteiger partial charge in [0.2, 0.25) is 0 Å². The molecular weight excluding hydrogens is 296 g/mol. The molecule has 1 aromatic carbocycles. The van der Waals surface area contributed by atoms with E-state index >= 15 is 0 Å². The van der Waals surface area contributed by atoms with Gasteiger partial charge in [-0.25, -0.2) is 0 Å². The minimum Gasteiger partial charge on any atom is -0.497 e. The van der Waals surface area contributed by atoms with Crippen molar-refractivity contribution >= 4 is 8.32 Å². The van der Waals surface area contributed by atoms with Crippen LogP contribution in [0.2, 0.25) is 18.1 Å². The van der Waals surface area contributed by atoms with Crippen LogP contribution < -0.4 is 4.74 Å². The Bertz CT molecular complexity index is 437. The van der Waals surface area contributed by atoms with Crippen molar-refractivity contribution in [3.8, 4) is 5.75 Å². The Hall–Kier alpha value is -0.883. The van der Waals surface area contributed by atoms with Gasteiger partial charge in [-0.2, -0.15) is 0 Å². The van der Waals surface area contributed by atoms with Crippen LogP contribution in [-0.4, -0.2) is 39.9 Å². The zero-order valence-corrected chi connectivity index (χ0v) is 15.7. The smallest absolute Gasteiger partial charge is 0.192 e. The maximum atomic E-state index is 9.99. The predicted molar refractivity (Wildman–Crippen MR) is 91.8 cm³/mol. The van der Waals surface area contributed by atoms with Crippen molar-refractivity contribution in [2.45, 2.75) is 51.6 Å². The Morgan fingerprint density at radius 1 is 1.09 bits per heavy atom. The average molecular weight is 327 g/mol. The molecule has 0 aliphatic heterocycles. The van der Waals surface area contributed by atoms with E-state index in [0.717, 1.165) is 11.3 Å². The van der Waals surface area contributed by atoms with Gasteiger partial charge < -0.3 is 19.0 Å². The SMILES string of the molecule is COc1ccc(COCC(O)CO[Si](C)(C)C(C)(C)C)cc1. The van der Waals surface area contributed by atoms with Crippen LogP contribution in [0.3, 0.4) is 0 Å². The molecule has 0 aromatic heterocycles. The summed E-state index contributed by atoms with van der Waals surface area (Å²) in [5.74, 6) is 0.826. The van der Waals surface area contributed by atoms with Gasteiger partial charge in [-0.3, -0.25) is 0 Å². The second kappa shape index (κ2) is 8.11. The summed E-state index contributed by atoms with van der Waals surface area (Å²) < 4.78 is 16.6. The number of aliphatic hydroxyl groups is 1. The number of methoxy groups -OCH3 is 1. The first kappa shape index (κ1) is 19.2. The molecule has 0 bridgehead atoms. The Morgan fingerprint density at radius 3 is 2.18 bits per heavy atom. The number of rotatable bonds is 8. The lowest BCUT2D eigenvalue weighted by molar-refractivity contribution is 0.00275. The van der Waals surface area contributed by atoms with Gasteiger partial charge >= 0.3 is 0 Å². The van der Waals surface area contributed by atoms with Crippen molar-refractivity contribution < 1.29 is 19.0 Å². The maximum Gasteiger partial charge on any atom is 0.192 e. The highest BCUT2D eigenvalue weighted by molar-refractivity contribution is 6.74. The molecule has 0 aliphatic carbocycles. The van der Waals surface area contributed by atoms with Gasteiger partial charge in [0, 0.05) is 0 Å². The number of ether oxygens (including phenoxy) is 2. The van der Waals surface area contributed by atoms with E-state index in [1.54, 1.807) is 7.11 Å². The fourth-order valence-corrected chi connectivity index (χ4v) is 2.65. The summed E-state index contributed by atoms with van der Waals surface area (Å²) in [7, 11) is -0.168. The van der Waals surface area contributed by atoms with Crippen LogP contribution in [0.5, 0.6) is 5.75 Å². The van der Waals surface area contributed by atoms with Crippen LogP contribution in [0.1, 0.15) is 26.3 Å². The van der Waals surface area contributed by atoms with E-state index in [0.29, 0.717) is 13.2 Å². The monoisotopic (exact) mass is 326 g/mol. The number of benzene rings is 1. The first-order valence-corrected chi connectivity index (χ1v) is 10.6. The molecule has 0 saturated carbocycles. The minimum atomic E-state index is -1.81. The highest BCUT2D eigenvalue weighted by Gasteiger charge is 2.37. The van der Waals surface area contributed by atoms with Crippen LogP contribution in [-0.2, 0) is 15.8 Å². The van der Waals surface area contributed by atoms with Crippen LogP contribution in [0, 0.1) is 0 Å². The number of hydrogen-bond donors (Lipinski definition) is 1. The molecule has 1 aromatic rings. The first-order chi connectivity index (χ1) is 10.2. The molecule has 1 atom stereocenters. The molecule has 22 heavy (non-hydrogen) atoms. The van der Waals surface area contributed by atoms with Gasteiger partial charge in [0.05, 0.1) is 33.0 Å². The summed E-state index contributed by atoms with van der Waals surface area (Å²) in [6.45, 7) is 12.0. The molecule has 0 amide bonds. The summed E-state index contributed by atoms with van der Waals surface area (Å²) in [4.78, 5) is 0. The first-order valence-electron chi connectivity index (χ1n) is 7.68. The maximum absolute atomic E-state index is 9.99. The molecule has 0 aliphatic rings. The molecular formula is C17H30O4Si. The molecule has 0 heterocycles. The third-order valence-electron chi connectivity index (χ3n) is 4.18. The fourth-order valence-electron chi connectivity index (χ4n) is 1.60. The van der Waals surface area contributed by atoms with Crippen LogP contribution in [0.25, 0.3) is 0 Å². The molecule has 1 unspecified atom stereocenters. The van der Waals surface area contributed by atoms with Crippen molar-refractivity contribution in [1.82, 2.24) is 0 Å². The summed E-state index contributed by atoms with van der Waals surface area (Å²) in [6.07, 6.45) is -0.590. The lowest BCUT2D eigenvalue weighted by Crippen LogP contribution is -2.43. The van der Waals surface area contributed by atoms with Crippen LogP contribution in [0.4, 0.5) is 0 Å². The van der Waals surface area contributed by atoms with Gasteiger partial charge in [0.1, 0.15) is 5.75 Å². The third-order valence-corrected chi connectivity index (χ3v) is 8.68. The van der Waals surface area contributed by atoms with E-state index in [2.05, 4.69) is 33.9 Å². The molecule has 0 fully saturated rings. The van der Waals surface area contributed by atoms with Crippen molar-refractivity contribution in [3.05, 3.63) is 29.8 Å². The van der Waals surface area contributed by atoms with E-state index in [9.17, 15) is 5.11 Å². The Kier molecular flexibility index (Phi) is 7.06. The van der Waals surface area contributed by atoms with Gasteiger partial charge in [0.25, 0.3) is 0 Å². The number of aliphatic hydroxyl groups excluding tert-OH is 1. The molecule has 5 heteroatoms. The van der Waals surface area contributed by atoms with E-state index in [4.69, 9.17) is 13.9 Å². The van der Waals surface area contributed by atoms with Crippen molar-refractivity contribution in [1.29, 1.82) is 0 Å². The third kappa shape index (κ3) is 6.08. The lowest BCUT2D eigenvalue weighted by Gasteiger charge is -2.36. The topological polar surface area (TPSA) is 47.9 Å². The minimum absolute atomic E-state index is 0.149. The Labute approximate surface area is 135 Å². The van der Waals surface area contributed by atoms with Crippen molar-refractivity contribution in [3.63, 3.8) is 0 Å². The Balaban J connectivity index is 2.30. The number of hydrogen-bond acceptors (Lipinski definition) is 4. The van der Waals surface area contributed by atoms with E-state index in [-0.39, 0.29) is 11.6 Å². The quantitative estimate of drug-likeness (QED) is 0.742. The summed E-state index contributed by atoms with van der Waals surface area (Å²) in [6, 6.07) is 7.71. The molecule has 0 saturated heterocycles. The molecule has 0 radical (unpaired) electrons.